The first-order valence-electron chi connectivity index (χ1n) is 5.71. The zero-order valence-electron chi connectivity index (χ0n) is 11.9. The van der Waals surface area contributed by atoms with Gasteiger partial charge in [0.2, 0.25) is 0 Å². The summed E-state index contributed by atoms with van der Waals surface area (Å²) < 4.78 is 9.92. The van der Waals surface area contributed by atoms with Crippen LogP contribution in [0.2, 0.25) is 0 Å². The van der Waals surface area contributed by atoms with E-state index in [9.17, 15) is 14.7 Å². The summed E-state index contributed by atoms with van der Waals surface area (Å²) in [5.41, 5.74) is 1.16. The van der Waals surface area contributed by atoms with Gasteiger partial charge in [0.15, 0.2) is 0 Å². The molecule has 0 saturated carbocycles. The lowest BCUT2D eigenvalue weighted by atomic mass is 10.0. The lowest BCUT2D eigenvalue weighted by Crippen LogP contribution is -2.56. The van der Waals surface area contributed by atoms with Crippen LogP contribution in [0.15, 0.2) is 0 Å². The largest absolute Gasteiger partial charge is 0.457 e. The van der Waals surface area contributed by atoms with Crippen LogP contribution in [0.4, 0.5) is 0 Å². The first kappa shape index (κ1) is 16.9. The van der Waals surface area contributed by atoms with Gasteiger partial charge in [-0.25, -0.2) is 9.59 Å². The zero-order valence-corrected chi connectivity index (χ0v) is 11.9. The fourth-order valence-corrected chi connectivity index (χ4v) is 0.975. The molecule has 0 fully saturated rings. The number of aliphatic hydroxyl groups is 1. The Kier molecular flexibility index (Phi) is 4.91. The highest BCUT2D eigenvalue weighted by Gasteiger charge is 2.48. The highest BCUT2D eigenvalue weighted by Crippen LogP contribution is 2.18. The molecule has 0 spiro atoms. The highest BCUT2D eigenvalue weighted by molar-refractivity contribution is 6.03. The first-order chi connectivity index (χ1) is 7.82. The molecule has 0 aromatic carbocycles. The SMILES string of the molecule is CC(C)(C)OC(=O)C(O)(CN)C(=O)OC(C)(C)C. The van der Waals surface area contributed by atoms with Crippen molar-refractivity contribution in [2.75, 3.05) is 6.54 Å². The number of rotatable bonds is 3. The third-order valence-corrected chi connectivity index (χ3v) is 1.77. The van der Waals surface area contributed by atoms with Gasteiger partial charge in [-0.1, -0.05) is 0 Å². The van der Waals surface area contributed by atoms with Crippen molar-refractivity contribution in [3.8, 4) is 0 Å². The molecule has 0 saturated heterocycles. The molecule has 0 atom stereocenters. The van der Waals surface area contributed by atoms with E-state index in [0.29, 0.717) is 0 Å². The minimum absolute atomic E-state index is 0.600. The van der Waals surface area contributed by atoms with Gasteiger partial charge >= 0.3 is 11.9 Å². The van der Waals surface area contributed by atoms with Crippen molar-refractivity contribution in [3.05, 3.63) is 0 Å². The van der Waals surface area contributed by atoms with Crippen LogP contribution < -0.4 is 5.73 Å². The number of carbonyl (C=O) groups excluding carboxylic acids is 2. The van der Waals surface area contributed by atoms with E-state index in [-0.39, 0.29) is 0 Å². The Balaban J connectivity index is 5.01. The second kappa shape index (κ2) is 5.24. The Bertz CT molecular complexity index is 296. The molecule has 0 aliphatic rings. The minimum Gasteiger partial charge on any atom is -0.457 e. The van der Waals surface area contributed by atoms with Gasteiger partial charge in [0.05, 0.1) is 0 Å². The summed E-state index contributed by atoms with van der Waals surface area (Å²) in [6.45, 7) is 9.13. The molecule has 0 aliphatic carbocycles. The summed E-state index contributed by atoms with van der Waals surface area (Å²) >= 11 is 0. The molecule has 6 heteroatoms. The van der Waals surface area contributed by atoms with E-state index in [0.717, 1.165) is 0 Å². The number of nitrogens with two attached hydrogens (primary N) is 1. The lowest BCUT2D eigenvalue weighted by Gasteiger charge is -2.30. The summed E-state index contributed by atoms with van der Waals surface area (Å²) in [7, 11) is 0. The summed E-state index contributed by atoms with van der Waals surface area (Å²) in [4.78, 5) is 23.6. The molecule has 0 bridgehead atoms. The van der Waals surface area contributed by atoms with Gasteiger partial charge in [0.25, 0.3) is 5.60 Å². The van der Waals surface area contributed by atoms with Crippen molar-refractivity contribution in [1.82, 2.24) is 0 Å². The van der Waals surface area contributed by atoms with E-state index in [1.807, 2.05) is 0 Å². The van der Waals surface area contributed by atoms with Crippen molar-refractivity contribution in [2.24, 2.45) is 5.73 Å². The van der Waals surface area contributed by atoms with Crippen LogP contribution in [0, 0.1) is 0 Å². The first-order valence-corrected chi connectivity index (χ1v) is 5.71. The summed E-state index contributed by atoms with van der Waals surface area (Å²) in [5.74, 6) is -2.21. The zero-order chi connectivity index (χ0) is 14.8. The number of ether oxygens (including phenoxy) is 2. The number of esters is 2. The van der Waals surface area contributed by atoms with Gasteiger partial charge < -0.3 is 20.3 Å². The molecule has 0 aromatic rings. The van der Waals surface area contributed by atoms with Crippen molar-refractivity contribution in [3.63, 3.8) is 0 Å². The standard InChI is InChI=1S/C12H23NO5/c1-10(2,3)17-8(14)12(16,7-13)9(15)18-11(4,5)6/h16H,7,13H2,1-6H3. The maximum Gasteiger partial charge on any atom is 0.351 e. The number of hydrogen-bond donors (Lipinski definition) is 2. The van der Waals surface area contributed by atoms with Gasteiger partial charge in [-0.05, 0) is 41.5 Å². The predicted molar refractivity (Wildman–Crippen MR) is 65.7 cm³/mol. The summed E-state index contributed by atoms with van der Waals surface area (Å²) in [5, 5.41) is 10.0. The fraction of sp³-hybridized carbons (Fsp3) is 0.833. The van der Waals surface area contributed by atoms with Gasteiger partial charge in [0, 0.05) is 6.54 Å². The molecule has 6 nitrogen and oxygen atoms in total. The van der Waals surface area contributed by atoms with Crippen molar-refractivity contribution >= 4 is 11.9 Å². The second-order valence-electron chi connectivity index (χ2n) is 6.07. The van der Waals surface area contributed by atoms with Gasteiger partial charge in [-0.3, -0.25) is 0 Å². The van der Waals surface area contributed by atoms with Crippen LogP contribution in [0.5, 0.6) is 0 Å². The van der Waals surface area contributed by atoms with Crippen LogP contribution in [0.25, 0.3) is 0 Å². The Hall–Kier alpha value is -1.14. The monoisotopic (exact) mass is 261 g/mol. The van der Waals surface area contributed by atoms with Gasteiger partial charge in [0.1, 0.15) is 11.2 Å². The molecule has 0 aromatic heterocycles. The second-order valence-corrected chi connectivity index (χ2v) is 6.07. The molecule has 0 unspecified atom stereocenters. The number of hydrogen-bond acceptors (Lipinski definition) is 6. The molecule has 3 N–H and O–H groups in total. The molecule has 18 heavy (non-hydrogen) atoms. The van der Waals surface area contributed by atoms with Crippen LogP contribution in [0.3, 0.4) is 0 Å². The quantitative estimate of drug-likeness (QED) is 0.562. The molecular weight excluding hydrogens is 238 g/mol. The molecule has 0 aliphatic heterocycles. The summed E-state index contributed by atoms with van der Waals surface area (Å²) in [6, 6.07) is 0. The summed E-state index contributed by atoms with van der Waals surface area (Å²) in [6.07, 6.45) is 0. The van der Waals surface area contributed by atoms with Crippen molar-refractivity contribution in [2.45, 2.75) is 58.3 Å². The average Bonchev–Trinajstić information content (AvgIpc) is 2.10. The average molecular weight is 261 g/mol. The molecule has 0 amide bonds. The van der Waals surface area contributed by atoms with Crippen LogP contribution in [-0.2, 0) is 19.1 Å². The minimum atomic E-state index is -2.47. The van der Waals surface area contributed by atoms with Crippen LogP contribution in [-0.4, -0.2) is 40.4 Å². The third kappa shape index (κ3) is 5.01. The van der Waals surface area contributed by atoms with E-state index in [4.69, 9.17) is 15.2 Å². The molecular formula is C12H23NO5. The molecule has 0 radical (unpaired) electrons. The maximum absolute atomic E-state index is 11.8. The topological polar surface area (TPSA) is 98.9 Å². The third-order valence-electron chi connectivity index (χ3n) is 1.77. The van der Waals surface area contributed by atoms with Crippen molar-refractivity contribution < 1.29 is 24.2 Å². The van der Waals surface area contributed by atoms with E-state index in [1.165, 1.54) is 0 Å². The molecule has 0 rings (SSSR count). The van der Waals surface area contributed by atoms with E-state index < -0.39 is 35.3 Å². The van der Waals surface area contributed by atoms with E-state index in [1.54, 1.807) is 41.5 Å². The van der Waals surface area contributed by atoms with Crippen LogP contribution >= 0.6 is 0 Å². The fourth-order valence-electron chi connectivity index (χ4n) is 0.975. The Labute approximate surface area is 107 Å². The maximum atomic E-state index is 11.8. The van der Waals surface area contributed by atoms with Gasteiger partial charge in [-0.2, -0.15) is 0 Å². The molecule has 106 valence electrons. The smallest absolute Gasteiger partial charge is 0.351 e. The van der Waals surface area contributed by atoms with E-state index in [2.05, 4.69) is 0 Å². The van der Waals surface area contributed by atoms with E-state index >= 15 is 0 Å². The highest BCUT2D eigenvalue weighted by atomic mass is 16.6. The van der Waals surface area contributed by atoms with Gasteiger partial charge in [-0.15, -0.1) is 0 Å². The van der Waals surface area contributed by atoms with Crippen molar-refractivity contribution in [1.29, 1.82) is 0 Å². The van der Waals surface area contributed by atoms with Crippen LogP contribution in [0.1, 0.15) is 41.5 Å². The Morgan fingerprint density at radius 2 is 1.22 bits per heavy atom. The lowest BCUT2D eigenvalue weighted by molar-refractivity contribution is -0.195. The number of carbonyl (C=O) groups is 2. The Morgan fingerprint density at radius 3 is 1.39 bits per heavy atom. The normalized spacial score (nSPS) is 13.1. The molecule has 0 heterocycles. The Morgan fingerprint density at radius 1 is 0.944 bits per heavy atom. The predicted octanol–water partition coefficient (Wildman–Crippen LogP) is 0.360.